The van der Waals surface area contributed by atoms with Gasteiger partial charge in [-0.2, -0.15) is 8.78 Å². The first-order chi connectivity index (χ1) is 10.3. The van der Waals surface area contributed by atoms with E-state index in [-0.39, 0.29) is 24.2 Å². The molecule has 23 heavy (non-hydrogen) atoms. The molecular weight excluding hydrogens is 354 g/mol. The Morgan fingerprint density at radius 1 is 1.39 bits per heavy atom. The third kappa shape index (κ3) is 4.60. The maximum absolute atomic E-state index is 12.5. The van der Waals surface area contributed by atoms with Crippen molar-refractivity contribution in [1.82, 2.24) is 0 Å². The third-order valence-corrected chi connectivity index (χ3v) is 4.71. The quantitative estimate of drug-likeness (QED) is 0.819. The molecule has 1 aromatic rings. The van der Waals surface area contributed by atoms with Crippen LogP contribution in [0.2, 0.25) is 0 Å². The summed E-state index contributed by atoms with van der Waals surface area (Å²) >= 11 is 0. The molecule has 1 aromatic carbocycles. The molecule has 1 saturated heterocycles. The Labute approximate surface area is 138 Å². The number of hydrogen-bond acceptors (Lipinski definition) is 5. The van der Waals surface area contributed by atoms with Crippen LogP contribution in [-0.4, -0.2) is 38.8 Å². The normalized spacial score (nSPS) is 21.0. The minimum atomic E-state index is -4.70. The van der Waals surface area contributed by atoms with Crippen molar-refractivity contribution in [1.29, 1.82) is 0 Å². The SMILES string of the molecule is Cl.NC[C@H]1CC[C@@H](C(=O)Nc2cccc(S(=O)(=O)C(F)F)c2)O1. The van der Waals surface area contributed by atoms with Crippen LogP contribution in [0.4, 0.5) is 14.5 Å². The van der Waals surface area contributed by atoms with Crippen molar-refractivity contribution >= 4 is 33.8 Å². The third-order valence-electron chi connectivity index (χ3n) is 3.33. The maximum atomic E-state index is 12.5. The predicted molar refractivity (Wildman–Crippen MR) is 82.5 cm³/mol. The van der Waals surface area contributed by atoms with E-state index in [0.717, 1.165) is 12.1 Å². The first-order valence-electron chi connectivity index (χ1n) is 6.63. The number of rotatable bonds is 5. The maximum Gasteiger partial charge on any atom is 0.341 e. The second-order valence-corrected chi connectivity index (χ2v) is 6.80. The van der Waals surface area contributed by atoms with Gasteiger partial charge in [0.2, 0.25) is 9.84 Å². The highest BCUT2D eigenvalue weighted by molar-refractivity contribution is 7.91. The van der Waals surface area contributed by atoms with Crippen molar-refractivity contribution in [3.05, 3.63) is 24.3 Å². The molecule has 0 unspecified atom stereocenters. The molecule has 0 spiro atoms. The number of nitrogens with one attached hydrogen (secondary N) is 1. The number of amides is 1. The van der Waals surface area contributed by atoms with Gasteiger partial charge >= 0.3 is 5.76 Å². The van der Waals surface area contributed by atoms with E-state index >= 15 is 0 Å². The van der Waals surface area contributed by atoms with E-state index in [2.05, 4.69) is 5.32 Å². The highest BCUT2D eigenvalue weighted by Crippen LogP contribution is 2.23. The first kappa shape index (κ1) is 19.8. The molecule has 0 saturated carbocycles. The Kier molecular flexibility index (Phi) is 6.87. The van der Waals surface area contributed by atoms with Gasteiger partial charge in [0.15, 0.2) is 0 Å². The lowest BCUT2D eigenvalue weighted by atomic mass is 10.2. The lowest BCUT2D eigenvalue weighted by Crippen LogP contribution is -2.29. The van der Waals surface area contributed by atoms with Crippen LogP contribution in [0.1, 0.15) is 12.8 Å². The molecule has 2 atom stereocenters. The van der Waals surface area contributed by atoms with E-state index in [1.165, 1.54) is 12.1 Å². The minimum Gasteiger partial charge on any atom is -0.364 e. The van der Waals surface area contributed by atoms with E-state index in [4.69, 9.17) is 10.5 Å². The number of ether oxygens (including phenoxy) is 1. The van der Waals surface area contributed by atoms with E-state index in [0.29, 0.717) is 19.4 Å². The van der Waals surface area contributed by atoms with Gasteiger partial charge in [-0.1, -0.05) is 6.07 Å². The number of anilines is 1. The summed E-state index contributed by atoms with van der Waals surface area (Å²) in [7, 11) is -4.70. The summed E-state index contributed by atoms with van der Waals surface area (Å²) in [6.07, 6.45) is 0.308. The lowest BCUT2D eigenvalue weighted by molar-refractivity contribution is -0.126. The van der Waals surface area contributed by atoms with Crippen LogP contribution in [0.25, 0.3) is 0 Å². The number of carbonyl (C=O) groups excluding carboxylic acids is 1. The summed E-state index contributed by atoms with van der Waals surface area (Å²) in [5.74, 6) is -3.97. The standard InChI is InChI=1S/C13H16F2N2O4S.ClH/c14-13(15)22(19,20)10-3-1-2-8(6-10)17-12(18)11-5-4-9(7-16)21-11;/h1-3,6,9,11,13H,4-5,7,16H2,(H,17,18);1H/t9-,11+;/m1./s1. The second kappa shape index (κ2) is 8.00. The molecular formula is C13H17ClF2N2O4S. The Morgan fingerprint density at radius 2 is 2.09 bits per heavy atom. The number of halogens is 3. The number of carbonyl (C=O) groups is 1. The lowest BCUT2D eigenvalue weighted by Gasteiger charge is -2.13. The molecule has 0 radical (unpaired) electrons. The molecule has 10 heteroatoms. The summed E-state index contributed by atoms with van der Waals surface area (Å²) in [6.45, 7) is 0.311. The Bertz CT molecular complexity index is 657. The van der Waals surface area contributed by atoms with Gasteiger partial charge in [0, 0.05) is 12.2 Å². The van der Waals surface area contributed by atoms with E-state index in [1.807, 2.05) is 0 Å². The van der Waals surface area contributed by atoms with Gasteiger partial charge < -0.3 is 15.8 Å². The van der Waals surface area contributed by atoms with Crippen molar-refractivity contribution < 1.29 is 26.7 Å². The Morgan fingerprint density at radius 3 is 2.65 bits per heavy atom. The summed E-state index contributed by atoms with van der Waals surface area (Å²) in [5.41, 5.74) is 5.57. The predicted octanol–water partition coefficient (Wildman–Crippen LogP) is 1.55. The van der Waals surface area contributed by atoms with Crippen molar-refractivity contribution in [2.75, 3.05) is 11.9 Å². The highest BCUT2D eigenvalue weighted by atomic mass is 35.5. The van der Waals surface area contributed by atoms with Crippen LogP contribution in [-0.2, 0) is 19.4 Å². The van der Waals surface area contributed by atoms with Gasteiger partial charge in [-0.25, -0.2) is 8.42 Å². The molecule has 6 nitrogen and oxygen atoms in total. The summed E-state index contributed by atoms with van der Waals surface area (Å²) in [4.78, 5) is 11.4. The summed E-state index contributed by atoms with van der Waals surface area (Å²) in [5, 5.41) is 2.47. The van der Waals surface area contributed by atoms with Gasteiger partial charge in [-0.3, -0.25) is 4.79 Å². The zero-order chi connectivity index (χ0) is 16.3. The van der Waals surface area contributed by atoms with Crippen molar-refractivity contribution in [3.8, 4) is 0 Å². The molecule has 2 rings (SSSR count). The summed E-state index contributed by atoms with van der Waals surface area (Å²) < 4.78 is 53.2. The molecule has 3 N–H and O–H groups in total. The fraction of sp³-hybridized carbons (Fsp3) is 0.462. The van der Waals surface area contributed by atoms with Gasteiger partial charge in [0.05, 0.1) is 11.0 Å². The molecule has 1 amide bonds. The fourth-order valence-corrected chi connectivity index (χ4v) is 2.91. The van der Waals surface area contributed by atoms with E-state index in [9.17, 15) is 22.0 Å². The van der Waals surface area contributed by atoms with Gasteiger partial charge in [-0.15, -0.1) is 12.4 Å². The number of benzene rings is 1. The molecule has 130 valence electrons. The average molecular weight is 371 g/mol. The summed E-state index contributed by atoms with van der Waals surface area (Å²) in [6, 6.07) is 4.74. The fourth-order valence-electron chi connectivity index (χ4n) is 2.15. The van der Waals surface area contributed by atoms with Crippen molar-refractivity contribution in [3.63, 3.8) is 0 Å². The zero-order valence-corrected chi connectivity index (χ0v) is 13.6. The van der Waals surface area contributed by atoms with E-state index < -0.39 is 32.5 Å². The number of alkyl halides is 2. The topological polar surface area (TPSA) is 98.5 Å². The second-order valence-electron chi connectivity index (χ2n) is 4.88. The van der Waals surface area contributed by atoms with Crippen LogP contribution in [0.3, 0.4) is 0 Å². The number of hydrogen-bond donors (Lipinski definition) is 2. The Hall–Kier alpha value is -1.29. The van der Waals surface area contributed by atoms with Crippen LogP contribution < -0.4 is 11.1 Å². The molecule has 1 aliphatic rings. The molecule has 1 heterocycles. The van der Waals surface area contributed by atoms with Gasteiger partial charge in [-0.05, 0) is 31.0 Å². The monoisotopic (exact) mass is 370 g/mol. The van der Waals surface area contributed by atoms with Gasteiger partial charge in [0.25, 0.3) is 5.91 Å². The van der Waals surface area contributed by atoms with Crippen LogP contribution in [0.5, 0.6) is 0 Å². The smallest absolute Gasteiger partial charge is 0.341 e. The average Bonchev–Trinajstić information content (AvgIpc) is 2.96. The number of sulfone groups is 1. The number of nitrogens with two attached hydrogens (primary N) is 1. The Balaban J connectivity index is 0.00000264. The van der Waals surface area contributed by atoms with Crippen molar-refractivity contribution in [2.24, 2.45) is 5.73 Å². The first-order valence-corrected chi connectivity index (χ1v) is 8.17. The molecule has 0 bridgehead atoms. The van der Waals surface area contributed by atoms with Crippen LogP contribution in [0, 0.1) is 0 Å². The highest BCUT2D eigenvalue weighted by Gasteiger charge is 2.30. The minimum absolute atomic E-state index is 0. The largest absolute Gasteiger partial charge is 0.364 e. The van der Waals surface area contributed by atoms with Crippen LogP contribution in [0.15, 0.2) is 29.2 Å². The van der Waals surface area contributed by atoms with Gasteiger partial charge in [0.1, 0.15) is 6.10 Å². The molecule has 1 fully saturated rings. The zero-order valence-electron chi connectivity index (χ0n) is 11.9. The molecule has 1 aliphatic heterocycles. The van der Waals surface area contributed by atoms with E-state index in [1.54, 1.807) is 0 Å². The molecule has 0 aromatic heterocycles. The van der Waals surface area contributed by atoms with Crippen molar-refractivity contribution in [2.45, 2.75) is 35.7 Å². The molecule has 0 aliphatic carbocycles. The van der Waals surface area contributed by atoms with Crippen LogP contribution >= 0.6 is 12.4 Å².